The van der Waals surface area contributed by atoms with Gasteiger partial charge in [0.1, 0.15) is 5.60 Å². The molecule has 134 valence electrons. The Kier molecular flexibility index (Phi) is 6.27. The van der Waals surface area contributed by atoms with Crippen molar-refractivity contribution in [2.75, 3.05) is 6.54 Å². The second kappa shape index (κ2) is 8.02. The Morgan fingerprint density at radius 2 is 1.88 bits per heavy atom. The average Bonchev–Trinajstić information content (AvgIpc) is 3.32. The standard InChI is InChI=1S/C20H32N2O2/c1-6-17(15-9-7-14(2)8-10-15)22-18(16-11-12-16)13-21-19(23)24-20(3,4)5/h7-10,16-18,22H,6,11-13H2,1-5H3,(H,21,23). The molecule has 0 saturated heterocycles. The van der Waals surface area contributed by atoms with E-state index < -0.39 is 5.60 Å². The van der Waals surface area contributed by atoms with Gasteiger partial charge >= 0.3 is 6.09 Å². The summed E-state index contributed by atoms with van der Waals surface area (Å²) in [4.78, 5) is 11.9. The summed E-state index contributed by atoms with van der Waals surface area (Å²) in [5, 5.41) is 6.68. The lowest BCUT2D eigenvalue weighted by molar-refractivity contribution is 0.0520. The lowest BCUT2D eigenvalue weighted by Crippen LogP contribution is -2.45. The van der Waals surface area contributed by atoms with Gasteiger partial charge in [-0.2, -0.15) is 0 Å². The lowest BCUT2D eigenvalue weighted by Gasteiger charge is -2.27. The van der Waals surface area contributed by atoms with Gasteiger partial charge in [0.15, 0.2) is 0 Å². The number of carbonyl (C=O) groups excluding carboxylic acids is 1. The van der Waals surface area contributed by atoms with E-state index in [2.05, 4.69) is 48.7 Å². The minimum atomic E-state index is -0.458. The summed E-state index contributed by atoms with van der Waals surface area (Å²) in [7, 11) is 0. The first kappa shape index (κ1) is 18.8. The molecule has 1 aliphatic carbocycles. The summed E-state index contributed by atoms with van der Waals surface area (Å²) in [5.74, 6) is 0.652. The molecule has 1 aliphatic rings. The third-order valence-corrected chi connectivity index (χ3v) is 4.36. The van der Waals surface area contributed by atoms with E-state index in [1.165, 1.54) is 24.0 Å². The van der Waals surface area contributed by atoms with E-state index in [9.17, 15) is 4.79 Å². The van der Waals surface area contributed by atoms with E-state index >= 15 is 0 Å². The molecule has 2 atom stereocenters. The zero-order chi connectivity index (χ0) is 17.7. The normalized spacial score (nSPS) is 17.2. The SMILES string of the molecule is CCC(NC(CNC(=O)OC(C)(C)C)C1CC1)c1ccc(C)cc1. The minimum absolute atomic E-state index is 0.295. The summed E-state index contributed by atoms with van der Waals surface area (Å²) >= 11 is 0. The number of alkyl carbamates (subject to hydrolysis) is 1. The molecule has 24 heavy (non-hydrogen) atoms. The highest BCUT2D eigenvalue weighted by Crippen LogP contribution is 2.34. The molecule has 4 nitrogen and oxygen atoms in total. The molecule has 0 aromatic heterocycles. The molecule has 2 rings (SSSR count). The van der Waals surface area contributed by atoms with Gasteiger partial charge in [-0.25, -0.2) is 4.79 Å². The molecule has 0 heterocycles. The highest BCUT2D eigenvalue weighted by molar-refractivity contribution is 5.67. The van der Waals surface area contributed by atoms with E-state index in [0.29, 0.717) is 24.5 Å². The molecule has 1 saturated carbocycles. The number of amides is 1. The molecular formula is C20H32N2O2. The van der Waals surface area contributed by atoms with E-state index in [1.807, 2.05) is 20.8 Å². The van der Waals surface area contributed by atoms with Crippen molar-refractivity contribution >= 4 is 6.09 Å². The maximum atomic E-state index is 11.9. The van der Waals surface area contributed by atoms with E-state index in [0.717, 1.165) is 6.42 Å². The van der Waals surface area contributed by atoms with Crippen LogP contribution in [0.2, 0.25) is 0 Å². The summed E-state index contributed by atoms with van der Waals surface area (Å²) in [5.41, 5.74) is 2.13. The maximum absolute atomic E-state index is 11.9. The average molecular weight is 332 g/mol. The van der Waals surface area contributed by atoms with Crippen molar-refractivity contribution in [1.29, 1.82) is 0 Å². The van der Waals surface area contributed by atoms with Crippen molar-refractivity contribution in [3.63, 3.8) is 0 Å². The van der Waals surface area contributed by atoms with Crippen LogP contribution in [0, 0.1) is 12.8 Å². The van der Waals surface area contributed by atoms with Gasteiger partial charge in [-0.1, -0.05) is 36.8 Å². The molecule has 0 spiro atoms. The van der Waals surface area contributed by atoms with E-state index in [-0.39, 0.29) is 6.09 Å². The Bertz CT molecular complexity index is 530. The number of ether oxygens (including phenoxy) is 1. The number of carbonyl (C=O) groups is 1. The fraction of sp³-hybridized carbons (Fsp3) is 0.650. The van der Waals surface area contributed by atoms with Crippen LogP contribution in [0.1, 0.15) is 64.1 Å². The Morgan fingerprint density at radius 1 is 1.25 bits per heavy atom. The Hall–Kier alpha value is -1.55. The number of rotatable bonds is 7. The molecule has 4 heteroatoms. The van der Waals surface area contributed by atoms with Gasteiger partial charge in [-0.3, -0.25) is 0 Å². The monoisotopic (exact) mass is 332 g/mol. The highest BCUT2D eigenvalue weighted by Gasteiger charge is 2.33. The van der Waals surface area contributed by atoms with Crippen LogP contribution in [0.3, 0.4) is 0 Å². The number of benzene rings is 1. The first-order valence-corrected chi connectivity index (χ1v) is 9.08. The van der Waals surface area contributed by atoms with Gasteiger partial charge in [-0.05, 0) is 58.4 Å². The van der Waals surface area contributed by atoms with Gasteiger partial charge in [0.05, 0.1) is 0 Å². The van der Waals surface area contributed by atoms with Crippen LogP contribution in [-0.4, -0.2) is 24.3 Å². The highest BCUT2D eigenvalue weighted by atomic mass is 16.6. The molecule has 2 unspecified atom stereocenters. The van der Waals surface area contributed by atoms with Crippen LogP contribution in [0.5, 0.6) is 0 Å². The van der Waals surface area contributed by atoms with Crippen LogP contribution in [0.4, 0.5) is 4.79 Å². The zero-order valence-electron chi connectivity index (χ0n) is 15.7. The van der Waals surface area contributed by atoms with Crippen LogP contribution in [0.25, 0.3) is 0 Å². The number of nitrogens with one attached hydrogen (secondary N) is 2. The molecular weight excluding hydrogens is 300 g/mol. The molecule has 0 radical (unpaired) electrons. The third kappa shape index (κ3) is 6.16. The number of hydrogen-bond acceptors (Lipinski definition) is 3. The Balaban J connectivity index is 1.92. The molecule has 0 bridgehead atoms. The number of aryl methyl sites for hydroxylation is 1. The fourth-order valence-corrected chi connectivity index (χ4v) is 2.87. The topological polar surface area (TPSA) is 50.4 Å². The van der Waals surface area contributed by atoms with Crippen LogP contribution in [-0.2, 0) is 4.74 Å². The minimum Gasteiger partial charge on any atom is -0.444 e. The summed E-state index contributed by atoms with van der Waals surface area (Å²) < 4.78 is 5.34. The van der Waals surface area contributed by atoms with Crippen molar-refractivity contribution in [3.05, 3.63) is 35.4 Å². The van der Waals surface area contributed by atoms with Crippen LogP contribution in [0.15, 0.2) is 24.3 Å². The summed E-state index contributed by atoms with van der Waals surface area (Å²) in [6.07, 6.45) is 3.16. The Morgan fingerprint density at radius 3 is 2.38 bits per heavy atom. The van der Waals surface area contributed by atoms with Gasteiger partial charge in [0.25, 0.3) is 0 Å². The first-order valence-electron chi connectivity index (χ1n) is 9.08. The first-order chi connectivity index (χ1) is 11.3. The van der Waals surface area contributed by atoms with Gasteiger partial charge in [0, 0.05) is 18.6 Å². The van der Waals surface area contributed by atoms with Crippen molar-refractivity contribution in [2.24, 2.45) is 5.92 Å². The summed E-state index contributed by atoms with van der Waals surface area (Å²) in [6, 6.07) is 9.32. The van der Waals surface area contributed by atoms with Crippen molar-refractivity contribution in [1.82, 2.24) is 10.6 Å². The maximum Gasteiger partial charge on any atom is 0.407 e. The van der Waals surface area contributed by atoms with Crippen molar-refractivity contribution in [3.8, 4) is 0 Å². The van der Waals surface area contributed by atoms with Crippen molar-refractivity contribution < 1.29 is 9.53 Å². The van der Waals surface area contributed by atoms with Crippen LogP contribution >= 0.6 is 0 Å². The quantitative estimate of drug-likeness (QED) is 0.781. The molecule has 0 aliphatic heterocycles. The predicted molar refractivity (Wildman–Crippen MR) is 98.1 cm³/mol. The van der Waals surface area contributed by atoms with Gasteiger partial charge in [-0.15, -0.1) is 0 Å². The lowest BCUT2D eigenvalue weighted by atomic mass is 10.0. The summed E-state index contributed by atoms with van der Waals surface area (Å²) in [6.45, 7) is 10.6. The molecule has 1 fully saturated rings. The van der Waals surface area contributed by atoms with E-state index in [4.69, 9.17) is 4.74 Å². The van der Waals surface area contributed by atoms with Gasteiger partial charge < -0.3 is 15.4 Å². The zero-order valence-corrected chi connectivity index (χ0v) is 15.7. The second-order valence-electron chi connectivity index (χ2n) is 7.86. The largest absolute Gasteiger partial charge is 0.444 e. The second-order valence-corrected chi connectivity index (χ2v) is 7.86. The fourth-order valence-electron chi connectivity index (χ4n) is 2.87. The molecule has 1 aromatic carbocycles. The Labute approximate surface area is 146 Å². The molecule has 1 amide bonds. The van der Waals surface area contributed by atoms with E-state index in [1.54, 1.807) is 0 Å². The van der Waals surface area contributed by atoms with Gasteiger partial charge in [0.2, 0.25) is 0 Å². The predicted octanol–water partition coefficient (Wildman–Crippen LogP) is 4.34. The van der Waals surface area contributed by atoms with Crippen LogP contribution < -0.4 is 10.6 Å². The number of hydrogen-bond donors (Lipinski definition) is 2. The third-order valence-electron chi connectivity index (χ3n) is 4.36. The molecule has 2 N–H and O–H groups in total. The van der Waals surface area contributed by atoms with Crippen molar-refractivity contribution in [2.45, 2.75) is 71.6 Å². The smallest absolute Gasteiger partial charge is 0.407 e. The molecule has 1 aromatic rings.